The van der Waals surface area contributed by atoms with Gasteiger partial charge >= 0.3 is 0 Å². The van der Waals surface area contributed by atoms with Crippen LogP contribution in [-0.4, -0.2) is 19.9 Å². The Labute approximate surface area is 119 Å². The van der Waals surface area contributed by atoms with Crippen LogP contribution in [0.25, 0.3) is 0 Å². The molecule has 0 radical (unpaired) electrons. The normalized spacial score (nSPS) is 11.6. The topological polar surface area (TPSA) is 79.0 Å². The van der Waals surface area contributed by atoms with Crippen molar-refractivity contribution in [2.75, 3.05) is 6.54 Å². The Kier molecular flexibility index (Phi) is 4.41. The highest BCUT2D eigenvalue weighted by molar-refractivity contribution is 7.89. The molecular formula is C11H11ClN2O3S2. The second-order valence-electron chi connectivity index (χ2n) is 3.74. The van der Waals surface area contributed by atoms with Gasteiger partial charge in [0.25, 0.3) is 0 Å². The van der Waals surface area contributed by atoms with Gasteiger partial charge in [-0.3, -0.25) is 4.79 Å². The van der Waals surface area contributed by atoms with Crippen molar-refractivity contribution >= 4 is 33.0 Å². The first kappa shape index (κ1) is 14.3. The third-order valence-corrected chi connectivity index (χ3v) is 5.11. The van der Waals surface area contributed by atoms with Gasteiger partial charge in [0.2, 0.25) is 15.6 Å². The van der Waals surface area contributed by atoms with Crippen molar-refractivity contribution in [2.24, 2.45) is 0 Å². The largest absolute Gasteiger partial charge is 0.328 e. The maximum atomic E-state index is 11.9. The molecule has 0 saturated heterocycles. The molecule has 0 amide bonds. The van der Waals surface area contributed by atoms with E-state index < -0.39 is 10.0 Å². The molecule has 2 aromatic rings. The van der Waals surface area contributed by atoms with Gasteiger partial charge in [-0.15, -0.1) is 11.3 Å². The predicted octanol–water partition coefficient (Wildman–Crippen LogP) is 1.61. The van der Waals surface area contributed by atoms with Crippen molar-refractivity contribution in [1.82, 2.24) is 9.71 Å². The van der Waals surface area contributed by atoms with E-state index in [1.54, 1.807) is 6.07 Å². The van der Waals surface area contributed by atoms with E-state index in [0.29, 0.717) is 10.8 Å². The van der Waals surface area contributed by atoms with E-state index in [1.165, 1.54) is 29.7 Å². The van der Waals surface area contributed by atoms with Crippen LogP contribution in [0.3, 0.4) is 0 Å². The number of halogens is 1. The van der Waals surface area contributed by atoms with Gasteiger partial charge in [-0.05, 0) is 24.6 Å². The summed E-state index contributed by atoms with van der Waals surface area (Å²) in [5, 5.41) is 0. The number of aromatic nitrogens is 1. The highest BCUT2D eigenvalue weighted by Crippen LogP contribution is 2.21. The number of rotatable bonds is 5. The Hall–Kier alpha value is -1.15. The van der Waals surface area contributed by atoms with Crippen molar-refractivity contribution in [3.05, 3.63) is 50.0 Å². The number of thiophene rings is 1. The number of aromatic amines is 1. The van der Waals surface area contributed by atoms with E-state index in [-0.39, 0.29) is 17.0 Å². The minimum Gasteiger partial charge on any atom is -0.328 e. The average molecular weight is 319 g/mol. The minimum absolute atomic E-state index is 0.0383. The monoisotopic (exact) mass is 318 g/mol. The van der Waals surface area contributed by atoms with Gasteiger partial charge in [0.15, 0.2) is 0 Å². The average Bonchev–Trinajstić information content (AvgIpc) is 2.75. The molecule has 2 heterocycles. The van der Waals surface area contributed by atoms with Crippen molar-refractivity contribution in [2.45, 2.75) is 11.3 Å². The predicted molar refractivity (Wildman–Crippen MR) is 75.3 cm³/mol. The van der Waals surface area contributed by atoms with Gasteiger partial charge in [-0.2, -0.15) is 0 Å². The molecule has 0 bridgehead atoms. The summed E-state index contributed by atoms with van der Waals surface area (Å²) in [6.45, 7) is 0.276. The number of H-pyrrole nitrogens is 1. The molecule has 5 nitrogen and oxygen atoms in total. The Morgan fingerprint density at radius 3 is 2.63 bits per heavy atom. The molecule has 0 aromatic carbocycles. The van der Waals surface area contributed by atoms with Crippen LogP contribution in [0.1, 0.15) is 4.88 Å². The van der Waals surface area contributed by atoms with Crippen molar-refractivity contribution < 1.29 is 8.42 Å². The van der Waals surface area contributed by atoms with E-state index in [9.17, 15) is 13.2 Å². The van der Waals surface area contributed by atoms with Crippen LogP contribution < -0.4 is 10.3 Å². The Bertz CT molecular complexity index is 701. The van der Waals surface area contributed by atoms with E-state index in [1.807, 2.05) is 6.07 Å². The van der Waals surface area contributed by atoms with Gasteiger partial charge in [0.05, 0.1) is 9.23 Å². The van der Waals surface area contributed by atoms with Crippen molar-refractivity contribution in [3.8, 4) is 0 Å². The Balaban J connectivity index is 1.98. The fourth-order valence-electron chi connectivity index (χ4n) is 1.44. The summed E-state index contributed by atoms with van der Waals surface area (Å²) in [5.74, 6) is 0. The standard InChI is InChI=1S/C11H11ClN2O3S2/c12-10-3-1-8(18-10)5-6-14-19(16,17)9-2-4-11(15)13-7-9/h1-4,7,14H,5-6H2,(H,13,15). The van der Waals surface area contributed by atoms with Gasteiger partial charge in [-0.1, -0.05) is 11.6 Å². The maximum absolute atomic E-state index is 11.9. The fourth-order valence-corrected chi connectivity index (χ4v) is 3.53. The van der Waals surface area contributed by atoms with Gasteiger partial charge < -0.3 is 4.98 Å². The lowest BCUT2D eigenvalue weighted by molar-refractivity contribution is 0.581. The number of sulfonamides is 1. The van der Waals surface area contributed by atoms with E-state index in [4.69, 9.17) is 11.6 Å². The first-order valence-corrected chi connectivity index (χ1v) is 8.08. The molecule has 2 rings (SSSR count). The summed E-state index contributed by atoms with van der Waals surface area (Å²) in [4.78, 5) is 14.2. The van der Waals surface area contributed by atoms with Crippen LogP contribution in [0.2, 0.25) is 4.34 Å². The van der Waals surface area contributed by atoms with Gasteiger partial charge in [0.1, 0.15) is 0 Å². The number of nitrogens with one attached hydrogen (secondary N) is 2. The third kappa shape index (κ3) is 3.90. The van der Waals surface area contributed by atoms with Crippen molar-refractivity contribution in [3.63, 3.8) is 0 Å². The van der Waals surface area contributed by atoms with Crippen LogP contribution >= 0.6 is 22.9 Å². The second kappa shape index (κ2) is 5.87. The smallest absolute Gasteiger partial charge is 0.247 e. The summed E-state index contributed by atoms with van der Waals surface area (Å²) in [6, 6.07) is 6.08. The third-order valence-electron chi connectivity index (χ3n) is 2.36. The van der Waals surface area contributed by atoms with E-state index in [2.05, 4.69) is 9.71 Å². The van der Waals surface area contributed by atoms with Crippen LogP contribution in [0.5, 0.6) is 0 Å². The molecular weight excluding hydrogens is 308 g/mol. The molecule has 0 aliphatic carbocycles. The molecule has 102 valence electrons. The van der Waals surface area contributed by atoms with E-state index >= 15 is 0 Å². The Morgan fingerprint density at radius 1 is 1.26 bits per heavy atom. The quantitative estimate of drug-likeness (QED) is 0.879. The van der Waals surface area contributed by atoms with Crippen LogP contribution in [0.4, 0.5) is 0 Å². The zero-order chi connectivity index (χ0) is 13.9. The molecule has 8 heteroatoms. The summed E-state index contributed by atoms with van der Waals surface area (Å²) >= 11 is 7.21. The molecule has 2 aromatic heterocycles. The van der Waals surface area contributed by atoms with E-state index in [0.717, 1.165) is 4.88 Å². The Morgan fingerprint density at radius 2 is 2.05 bits per heavy atom. The molecule has 0 atom stereocenters. The van der Waals surface area contributed by atoms with Crippen LogP contribution in [0, 0.1) is 0 Å². The molecule has 0 unspecified atom stereocenters. The van der Waals surface area contributed by atoms with Gasteiger partial charge in [-0.25, -0.2) is 13.1 Å². The van der Waals surface area contributed by atoms with Crippen LogP contribution in [-0.2, 0) is 16.4 Å². The molecule has 0 aliphatic heterocycles. The SMILES string of the molecule is O=c1ccc(S(=O)(=O)NCCc2ccc(Cl)s2)c[nH]1. The lowest BCUT2D eigenvalue weighted by atomic mass is 10.3. The lowest BCUT2D eigenvalue weighted by Crippen LogP contribution is -2.26. The maximum Gasteiger partial charge on any atom is 0.247 e. The number of hydrogen-bond donors (Lipinski definition) is 2. The highest BCUT2D eigenvalue weighted by atomic mass is 35.5. The lowest BCUT2D eigenvalue weighted by Gasteiger charge is -2.05. The molecule has 0 fully saturated rings. The molecule has 0 aliphatic rings. The summed E-state index contributed by atoms with van der Waals surface area (Å²) in [6.07, 6.45) is 1.74. The minimum atomic E-state index is -3.59. The zero-order valence-corrected chi connectivity index (χ0v) is 12.1. The first-order valence-electron chi connectivity index (χ1n) is 5.40. The fraction of sp³-hybridized carbons (Fsp3) is 0.182. The highest BCUT2D eigenvalue weighted by Gasteiger charge is 2.13. The summed E-state index contributed by atoms with van der Waals surface area (Å²) in [7, 11) is -3.59. The molecule has 0 spiro atoms. The summed E-state index contributed by atoms with van der Waals surface area (Å²) < 4.78 is 26.9. The molecule has 2 N–H and O–H groups in total. The number of hydrogen-bond acceptors (Lipinski definition) is 4. The zero-order valence-electron chi connectivity index (χ0n) is 9.72. The second-order valence-corrected chi connectivity index (χ2v) is 7.31. The van der Waals surface area contributed by atoms with Crippen LogP contribution in [0.15, 0.2) is 40.2 Å². The molecule has 0 saturated carbocycles. The summed E-state index contributed by atoms with van der Waals surface area (Å²) in [5.41, 5.74) is -0.341. The van der Waals surface area contributed by atoms with Crippen molar-refractivity contribution in [1.29, 1.82) is 0 Å². The van der Waals surface area contributed by atoms with Gasteiger partial charge in [0, 0.05) is 23.7 Å². The first-order chi connectivity index (χ1) is 8.97. The number of pyridine rings is 1. The molecule has 19 heavy (non-hydrogen) atoms.